The summed E-state index contributed by atoms with van der Waals surface area (Å²) in [5.41, 5.74) is 9.31. The van der Waals surface area contributed by atoms with Gasteiger partial charge in [-0.2, -0.15) is 0 Å². The van der Waals surface area contributed by atoms with Crippen molar-refractivity contribution in [2.75, 3.05) is 19.7 Å². The van der Waals surface area contributed by atoms with Crippen LogP contribution >= 0.6 is 23.2 Å². The molecule has 0 radical (unpaired) electrons. The van der Waals surface area contributed by atoms with Crippen molar-refractivity contribution in [1.29, 1.82) is 0 Å². The fraction of sp³-hybridized carbons (Fsp3) is 0.436. The number of rotatable bonds is 21. The van der Waals surface area contributed by atoms with Crippen LogP contribution in [0.4, 0.5) is 0 Å². The van der Waals surface area contributed by atoms with Crippen molar-refractivity contribution >= 4 is 64.6 Å². The number of aliphatic hydroxyl groups is 1. The van der Waals surface area contributed by atoms with Crippen molar-refractivity contribution < 1.29 is 48.1 Å². The Labute approximate surface area is 435 Å². The zero-order valence-corrected chi connectivity index (χ0v) is 42.7. The summed E-state index contributed by atoms with van der Waals surface area (Å²) in [6.45, 7) is 4.47. The Morgan fingerprint density at radius 3 is 2.04 bits per heavy atom. The lowest BCUT2D eigenvalue weighted by Crippen LogP contribution is -2.55. The Hall–Kier alpha value is -6.49. The van der Waals surface area contributed by atoms with Crippen molar-refractivity contribution in [3.63, 3.8) is 0 Å². The molecule has 8 atom stereocenters. The van der Waals surface area contributed by atoms with Crippen LogP contribution < -0.4 is 41.8 Å². The molecule has 73 heavy (non-hydrogen) atoms. The second kappa shape index (κ2) is 24.5. The van der Waals surface area contributed by atoms with Crippen LogP contribution in [0.2, 0.25) is 10.0 Å². The zero-order chi connectivity index (χ0) is 52.4. The predicted octanol–water partition coefficient (Wildman–Crippen LogP) is 5.51. The number of halogens is 2. The molecule has 16 nitrogen and oxygen atoms in total. The van der Waals surface area contributed by atoms with E-state index in [0.29, 0.717) is 35.5 Å². The Balaban J connectivity index is 0.968. The van der Waals surface area contributed by atoms with Gasteiger partial charge < -0.3 is 46.9 Å². The van der Waals surface area contributed by atoms with E-state index in [2.05, 4.69) is 39.6 Å². The van der Waals surface area contributed by atoms with E-state index in [1.807, 2.05) is 26.0 Å². The van der Waals surface area contributed by atoms with Crippen molar-refractivity contribution in [2.24, 2.45) is 28.9 Å². The number of carbonyl (C=O) groups is 7. The summed E-state index contributed by atoms with van der Waals surface area (Å²) in [5.74, 6) is -2.72. The van der Waals surface area contributed by atoms with E-state index in [-0.39, 0.29) is 51.6 Å². The number of nitrogens with one attached hydrogen (secondary N) is 5. The molecular weight excluding hydrogens is 976 g/mol. The first-order chi connectivity index (χ1) is 34.9. The number of aryl methyl sites for hydroxylation is 1. The largest absolute Gasteiger partial charge is 0.484 e. The monoisotopic (exact) mass is 1040 g/mol. The topological polar surface area (TPSA) is 244 Å². The Morgan fingerprint density at radius 1 is 0.712 bits per heavy atom. The fourth-order valence-electron chi connectivity index (χ4n) is 10.8. The molecule has 3 aliphatic carbocycles. The average Bonchev–Trinajstić information content (AvgIpc) is 3.67. The zero-order valence-electron chi connectivity index (χ0n) is 41.2. The van der Waals surface area contributed by atoms with Crippen LogP contribution in [-0.4, -0.2) is 90.4 Å². The number of amides is 6. The summed E-state index contributed by atoms with van der Waals surface area (Å²) in [6.07, 6.45) is 5.90. The maximum atomic E-state index is 13.8. The van der Waals surface area contributed by atoms with Crippen LogP contribution in [-0.2, 0) is 48.0 Å². The first kappa shape index (κ1) is 54.3. The number of ether oxygens (including phenoxy) is 2. The molecule has 4 aromatic rings. The third-order valence-corrected chi connectivity index (χ3v) is 15.2. The molecule has 0 aliphatic heterocycles. The number of carbonyl (C=O) groups excluding carboxylic acids is 7. The van der Waals surface area contributed by atoms with Crippen LogP contribution in [0.1, 0.15) is 97.8 Å². The van der Waals surface area contributed by atoms with Gasteiger partial charge in [-0.25, -0.2) is 4.79 Å². The van der Waals surface area contributed by atoms with E-state index in [0.717, 1.165) is 44.1 Å². The minimum absolute atomic E-state index is 0.000540. The molecule has 4 aromatic carbocycles. The lowest BCUT2D eigenvalue weighted by Gasteiger charge is -2.50. The maximum Gasteiger partial charge on any atom is 0.346 e. The number of aliphatic hydroxyl groups excluding tert-OH is 1. The number of benzene rings is 4. The third-order valence-electron chi connectivity index (χ3n) is 14.6. The summed E-state index contributed by atoms with van der Waals surface area (Å²) in [6, 6.07) is 22.4. The molecule has 6 amide bonds. The van der Waals surface area contributed by atoms with Gasteiger partial charge in [-0.3, -0.25) is 28.8 Å². The molecule has 2 saturated carbocycles. The van der Waals surface area contributed by atoms with E-state index in [1.54, 1.807) is 48.5 Å². The van der Waals surface area contributed by atoms with Gasteiger partial charge in [0.15, 0.2) is 6.61 Å². The summed E-state index contributed by atoms with van der Waals surface area (Å²) >= 11 is 12.4. The molecule has 0 aromatic heterocycles. The highest BCUT2D eigenvalue weighted by atomic mass is 35.5. The van der Waals surface area contributed by atoms with E-state index in [1.165, 1.54) is 35.4 Å². The van der Waals surface area contributed by atoms with Crippen molar-refractivity contribution in [3.8, 4) is 11.5 Å². The van der Waals surface area contributed by atoms with E-state index >= 15 is 0 Å². The van der Waals surface area contributed by atoms with Crippen LogP contribution in [0.25, 0.3) is 0 Å². The van der Waals surface area contributed by atoms with Gasteiger partial charge in [-0.05, 0) is 133 Å². The maximum absolute atomic E-state index is 13.8. The highest BCUT2D eigenvalue weighted by molar-refractivity contribution is 6.39. The molecule has 18 heteroatoms. The highest BCUT2D eigenvalue weighted by Crippen LogP contribution is 2.61. The number of hydrogen-bond donors (Lipinski definition) is 7. The molecule has 0 heterocycles. The van der Waals surface area contributed by atoms with E-state index in [9.17, 15) is 38.7 Å². The number of hydrogen-bond acceptors (Lipinski definition) is 10. The molecule has 2 fully saturated rings. The fourth-order valence-corrected chi connectivity index (χ4v) is 11.4. The summed E-state index contributed by atoms with van der Waals surface area (Å²) in [7, 11) is 0. The lowest BCUT2D eigenvalue weighted by atomic mass is 9.55. The summed E-state index contributed by atoms with van der Waals surface area (Å²) in [4.78, 5) is 92.0. The Kier molecular flexibility index (Phi) is 18.2. The van der Waals surface area contributed by atoms with Crippen molar-refractivity contribution in [2.45, 2.75) is 109 Å². The van der Waals surface area contributed by atoms with Gasteiger partial charge in [-0.15, -0.1) is 0 Å². The molecule has 0 unspecified atom stereocenters. The number of nitrogens with two attached hydrogens (primary N) is 1. The second-order valence-corrected chi connectivity index (χ2v) is 20.9. The second-order valence-electron chi connectivity index (χ2n) is 20.1. The quantitative estimate of drug-likeness (QED) is 0.0408. The van der Waals surface area contributed by atoms with Crippen LogP contribution in [0.3, 0.4) is 0 Å². The van der Waals surface area contributed by atoms with Crippen molar-refractivity contribution in [1.82, 2.24) is 26.6 Å². The van der Waals surface area contributed by atoms with Crippen LogP contribution in [0.5, 0.6) is 11.5 Å². The van der Waals surface area contributed by atoms with E-state index < -0.39 is 79.2 Å². The standard InChI is InChI=1S/C55H64Cl2N6O10/c1-31(2)24-43(51(58)68)63-53(70)45(25-32-8-5-4-6-9-32)61-48(66)29-59-47(65)28-60-52(69)44(26-33-12-15-35(16-13-33)73-54(71)50-41(56)10-7-11-42(50)57)62-49(67)30-72-36-17-19-37-34(27-36)14-18-39-38(37)22-23-55(3)40(39)20-21-46(55)64/h4-13,15-17,19,27,31,38-40,43-46,64H,14,18,20-26,28-30H2,1-3H3,(H2,58,68)(H,59,65)(H,60,69)(H,61,66)(H,62,67)(H,63,70)/t38-,39-,40+,43+,44+,45+,46+,55+/m1/s1. The molecule has 8 N–H and O–H groups in total. The normalized spacial score (nSPS) is 20.9. The molecule has 388 valence electrons. The van der Waals surface area contributed by atoms with Gasteiger partial charge in [0, 0.05) is 12.8 Å². The molecular formula is C55H64Cl2N6O10. The number of esters is 1. The minimum atomic E-state index is -1.22. The predicted molar refractivity (Wildman–Crippen MR) is 275 cm³/mol. The number of primary amides is 1. The van der Waals surface area contributed by atoms with Crippen LogP contribution in [0.15, 0.2) is 91.0 Å². The molecule has 0 spiro atoms. The number of fused-ring (bicyclic) bond motifs is 5. The molecule has 3 aliphatic rings. The minimum Gasteiger partial charge on any atom is -0.484 e. The van der Waals surface area contributed by atoms with Crippen molar-refractivity contribution in [3.05, 3.63) is 129 Å². The molecule has 0 bridgehead atoms. The van der Waals surface area contributed by atoms with Gasteiger partial charge in [-0.1, -0.05) is 98.6 Å². The third kappa shape index (κ3) is 14.0. The smallest absolute Gasteiger partial charge is 0.346 e. The molecule has 7 rings (SSSR count). The Morgan fingerprint density at radius 2 is 1.36 bits per heavy atom. The highest BCUT2D eigenvalue weighted by Gasteiger charge is 2.54. The average molecular weight is 1040 g/mol. The Bertz CT molecular complexity index is 2650. The van der Waals surface area contributed by atoms with Crippen LogP contribution in [0, 0.1) is 23.2 Å². The lowest BCUT2D eigenvalue weighted by molar-refractivity contribution is -0.132. The SMILES string of the molecule is CC(C)C[C@H](NC(=O)[C@H](Cc1ccccc1)NC(=O)CNC(=O)CNC(=O)[C@H](Cc1ccc(OC(=O)c2c(Cl)cccc2Cl)cc1)NC(=O)COc1ccc2c(c1)CC[C@@H]1[C@@H]2CC[C@]2(C)[C@@H](O)CC[C@@H]12)C(N)=O. The summed E-state index contributed by atoms with van der Waals surface area (Å²) in [5, 5.41) is 24.0. The van der Waals surface area contributed by atoms with Gasteiger partial charge in [0.05, 0.1) is 34.8 Å². The van der Waals surface area contributed by atoms with Gasteiger partial charge in [0.2, 0.25) is 29.5 Å². The van der Waals surface area contributed by atoms with E-state index in [4.69, 9.17) is 38.4 Å². The van der Waals surface area contributed by atoms with Gasteiger partial charge >= 0.3 is 5.97 Å². The first-order valence-electron chi connectivity index (χ1n) is 24.8. The van der Waals surface area contributed by atoms with Gasteiger partial charge in [0.25, 0.3) is 5.91 Å². The molecule has 0 saturated heterocycles. The first-order valence-corrected chi connectivity index (χ1v) is 25.6. The summed E-state index contributed by atoms with van der Waals surface area (Å²) < 4.78 is 11.5. The van der Waals surface area contributed by atoms with Gasteiger partial charge in [0.1, 0.15) is 29.6 Å².